The van der Waals surface area contributed by atoms with E-state index in [0.717, 1.165) is 38.6 Å². The molecule has 0 spiro atoms. The Hall–Kier alpha value is -1.14. The van der Waals surface area contributed by atoms with Gasteiger partial charge < -0.3 is 15.3 Å². The highest BCUT2D eigenvalue weighted by Gasteiger charge is 2.24. The molecule has 2 amide bonds. The molecule has 1 fully saturated rings. The third-order valence-corrected chi connectivity index (χ3v) is 3.93. The van der Waals surface area contributed by atoms with Gasteiger partial charge in [-0.15, -0.1) is 0 Å². The van der Waals surface area contributed by atoms with E-state index in [1.165, 1.54) is 4.90 Å². The third kappa shape index (κ3) is 6.44. The van der Waals surface area contributed by atoms with E-state index < -0.39 is 0 Å². The first-order valence-corrected chi connectivity index (χ1v) is 7.94. The average molecular weight is 299 g/mol. The number of carbonyl (C=O) groups is 2. The molecule has 122 valence electrons. The van der Waals surface area contributed by atoms with E-state index in [2.05, 4.69) is 10.2 Å². The van der Waals surface area contributed by atoms with E-state index >= 15 is 0 Å². The maximum atomic E-state index is 12.2. The lowest BCUT2D eigenvalue weighted by Gasteiger charge is -2.29. The first kappa shape index (κ1) is 17.9. The molecule has 2 N–H and O–H groups in total. The number of amides is 2. The van der Waals surface area contributed by atoms with Crippen LogP contribution in [-0.4, -0.2) is 72.6 Å². The summed E-state index contributed by atoms with van der Waals surface area (Å²) in [6.07, 6.45) is 5.13. The van der Waals surface area contributed by atoms with E-state index in [9.17, 15) is 14.7 Å². The lowest BCUT2D eigenvalue weighted by molar-refractivity contribution is -0.136. The van der Waals surface area contributed by atoms with Crippen molar-refractivity contribution in [2.75, 3.05) is 39.8 Å². The van der Waals surface area contributed by atoms with Crippen molar-refractivity contribution in [3.8, 4) is 0 Å². The summed E-state index contributed by atoms with van der Waals surface area (Å²) in [5.74, 6) is -0.190. The van der Waals surface area contributed by atoms with Gasteiger partial charge in [-0.3, -0.25) is 14.5 Å². The molecule has 1 saturated heterocycles. The van der Waals surface area contributed by atoms with Crippen molar-refractivity contribution >= 4 is 11.8 Å². The molecule has 0 aromatic rings. The summed E-state index contributed by atoms with van der Waals surface area (Å²) < 4.78 is 0. The zero-order valence-electron chi connectivity index (χ0n) is 13.3. The summed E-state index contributed by atoms with van der Waals surface area (Å²) in [7, 11) is 1.65. The van der Waals surface area contributed by atoms with Crippen molar-refractivity contribution in [3.05, 3.63) is 0 Å². The van der Waals surface area contributed by atoms with Gasteiger partial charge in [-0.25, -0.2) is 0 Å². The van der Waals surface area contributed by atoms with Gasteiger partial charge in [0.15, 0.2) is 0 Å². The number of hydrogen-bond donors (Lipinski definition) is 2. The predicted molar refractivity (Wildman–Crippen MR) is 81.9 cm³/mol. The first-order chi connectivity index (χ1) is 10.1. The fraction of sp³-hybridized carbons (Fsp3) is 0.867. The normalized spacial score (nSPS) is 19.9. The number of carbonyl (C=O) groups excluding carboxylic acids is 2. The van der Waals surface area contributed by atoms with E-state index in [1.807, 2.05) is 6.92 Å². The Morgan fingerprint density at radius 2 is 2.10 bits per heavy atom. The molecular formula is C15H29N3O3. The van der Waals surface area contributed by atoms with Crippen LogP contribution in [0.1, 0.15) is 39.0 Å². The molecule has 0 saturated carbocycles. The Bertz CT molecular complexity index is 336. The molecule has 0 aliphatic carbocycles. The molecule has 0 aromatic carbocycles. The highest BCUT2D eigenvalue weighted by molar-refractivity contribution is 5.85. The maximum Gasteiger partial charge on any atom is 0.239 e. The molecule has 1 aliphatic rings. The standard InChI is InChI=1S/C15H29N3O3/c1-3-8-16-14(20)10-17(2)15(21)11-18-9-6-4-5-7-13(18)12-19/h13,19H,3-12H2,1-2H3,(H,16,20). The average Bonchev–Trinajstić information content (AvgIpc) is 2.69. The minimum Gasteiger partial charge on any atom is -0.395 e. The number of likely N-dealkylation sites (tertiary alicyclic amines) is 1. The molecule has 6 nitrogen and oxygen atoms in total. The molecule has 1 aliphatic heterocycles. The Morgan fingerprint density at radius 3 is 2.76 bits per heavy atom. The van der Waals surface area contributed by atoms with Crippen LogP contribution in [0, 0.1) is 0 Å². The van der Waals surface area contributed by atoms with Gasteiger partial charge in [0.25, 0.3) is 0 Å². The fourth-order valence-electron chi connectivity index (χ4n) is 2.57. The number of rotatable bonds is 7. The van der Waals surface area contributed by atoms with E-state index in [4.69, 9.17) is 0 Å². The number of nitrogens with zero attached hydrogens (tertiary/aromatic N) is 2. The van der Waals surface area contributed by atoms with Crippen molar-refractivity contribution in [2.24, 2.45) is 0 Å². The molecule has 1 heterocycles. The lowest BCUT2D eigenvalue weighted by Crippen LogP contribution is -2.47. The smallest absolute Gasteiger partial charge is 0.239 e. The lowest BCUT2D eigenvalue weighted by atomic mass is 10.1. The van der Waals surface area contributed by atoms with Crippen LogP contribution in [-0.2, 0) is 9.59 Å². The molecule has 0 radical (unpaired) electrons. The number of aliphatic hydroxyl groups excluding tert-OH is 1. The molecule has 1 atom stereocenters. The fourth-order valence-corrected chi connectivity index (χ4v) is 2.57. The monoisotopic (exact) mass is 299 g/mol. The highest BCUT2D eigenvalue weighted by atomic mass is 16.3. The van der Waals surface area contributed by atoms with E-state index in [-0.39, 0.29) is 37.6 Å². The second kappa shape index (κ2) is 9.73. The van der Waals surface area contributed by atoms with Crippen molar-refractivity contribution in [3.63, 3.8) is 0 Å². The van der Waals surface area contributed by atoms with Gasteiger partial charge >= 0.3 is 0 Å². The third-order valence-electron chi connectivity index (χ3n) is 3.93. The first-order valence-electron chi connectivity index (χ1n) is 7.94. The number of hydrogen-bond acceptors (Lipinski definition) is 4. The zero-order valence-corrected chi connectivity index (χ0v) is 13.3. The molecule has 1 unspecified atom stereocenters. The summed E-state index contributed by atoms with van der Waals surface area (Å²) in [5, 5.41) is 12.2. The quantitative estimate of drug-likeness (QED) is 0.705. The second-order valence-electron chi connectivity index (χ2n) is 5.76. The SMILES string of the molecule is CCCNC(=O)CN(C)C(=O)CN1CCCCCC1CO. The van der Waals surface area contributed by atoms with Crippen LogP contribution < -0.4 is 5.32 Å². The van der Waals surface area contributed by atoms with Crippen LogP contribution in [0.15, 0.2) is 0 Å². The highest BCUT2D eigenvalue weighted by Crippen LogP contribution is 2.16. The van der Waals surface area contributed by atoms with Crippen molar-refractivity contribution in [1.29, 1.82) is 0 Å². The summed E-state index contributed by atoms with van der Waals surface area (Å²) in [4.78, 5) is 27.4. The predicted octanol–water partition coefficient (Wildman–Crippen LogP) is 0.208. The summed E-state index contributed by atoms with van der Waals surface area (Å²) >= 11 is 0. The molecule has 1 rings (SSSR count). The van der Waals surface area contributed by atoms with Crippen LogP contribution >= 0.6 is 0 Å². The van der Waals surface area contributed by atoms with E-state index in [1.54, 1.807) is 7.05 Å². The summed E-state index contributed by atoms with van der Waals surface area (Å²) in [5.41, 5.74) is 0. The Balaban J connectivity index is 2.44. The van der Waals surface area contributed by atoms with Gasteiger partial charge in [0.05, 0.1) is 19.7 Å². The van der Waals surface area contributed by atoms with Gasteiger partial charge in [0.1, 0.15) is 0 Å². The minimum atomic E-state index is -0.123. The summed E-state index contributed by atoms with van der Waals surface area (Å²) in [6, 6.07) is 0.0683. The van der Waals surface area contributed by atoms with Crippen LogP contribution in [0.4, 0.5) is 0 Å². The Labute approximate surface area is 127 Å². The topological polar surface area (TPSA) is 72.9 Å². The molecule has 21 heavy (non-hydrogen) atoms. The number of nitrogens with one attached hydrogen (secondary N) is 1. The maximum absolute atomic E-state index is 12.2. The van der Waals surface area contributed by atoms with Crippen LogP contribution in [0.5, 0.6) is 0 Å². The largest absolute Gasteiger partial charge is 0.395 e. The van der Waals surface area contributed by atoms with Gasteiger partial charge in [0.2, 0.25) is 11.8 Å². The zero-order chi connectivity index (χ0) is 15.7. The number of aliphatic hydroxyl groups is 1. The Morgan fingerprint density at radius 1 is 1.33 bits per heavy atom. The molecule has 0 aromatic heterocycles. The molecule has 6 heteroatoms. The van der Waals surface area contributed by atoms with Crippen LogP contribution in [0.3, 0.4) is 0 Å². The van der Waals surface area contributed by atoms with Crippen LogP contribution in [0.25, 0.3) is 0 Å². The van der Waals surface area contributed by atoms with Gasteiger partial charge in [-0.05, 0) is 25.8 Å². The molecular weight excluding hydrogens is 270 g/mol. The second-order valence-corrected chi connectivity index (χ2v) is 5.76. The minimum absolute atomic E-state index is 0.0676. The van der Waals surface area contributed by atoms with Crippen molar-refractivity contribution in [1.82, 2.24) is 15.1 Å². The van der Waals surface area contributed by atoms with Crippen LogP contribution in [0.2, 0.25) is 0 Å². The molecule has 0 bridgehead atoms. The van der Waals surface area contributed by atoms with E-state index in [0.29, 0.717) is 6.54 Å². The Kier molecular flexibility index (Phi) is 8.30. The van der Waals surface area contributed by atoms with Crippen molar-refractivity contribution < 1.29 is 14.7 Å². The van der Waals surface area contributed by atoms with Gasteiger partial charge in [-0.2, -0.15) is 0 Å². The summed E-state index contributed by atoms with van der Waals surface area (Å²) in [6.45, 7) is 3.93. The van der Waals surface area contributed by atoms with Gasteiger partial charge in [0, 0.05) is 19.6 Å². The van der Waals surface area contributed by atoms with Crippen molar-refractivity contribution in [2.45, 2.75) is 45.1 Å². The number of likely N-dealkylation sites (N-methyl/N-ethyl adjacent to an activating group) is 1. The van der Waals surface area contributed by atoms with Gasteiger partial charge in [-0.1, -0.05) is 19.8 Å².